The molecule has 2 aliphatic rings. The molecule has 1 aromatic heterocycles. The highest BCUT2D eigenvalue weighted by Gasteiger charge is 2.42. The fourth-order valence-corrected chi connectivity index (χ4v) is 12.4. The van der Waals surface area contributed by atoms with Crippen LogP contribution in [0, 0.1) is 0 Å². The molecular weight excluding hydrogens is 650 g/mol. The fraction of sp³-hybridized carbons (Fsp3) is 0.0612. The molecule has 0 N–H and O–H groups in total. The van der Waals surface area contributed by atoms with E-state index in [1.165, 1.54) is 54.9 Å². The lowest BCUT2D eigenvalue weighted by atomic mass is 9.81. The van der Waals surface area contributed by atoms with Gasteiger partial charge in [0.15, 0.2) is 7.14 Å². The van der Waals surface area contributed by atoms with Gasteiger partial charge in [-0.25, -0.2) is 0 Å². The Morgan fingerprint density at radius 1 is 0.500 bits per heavy atom. The molecule has 1 unspecified atom stereocenters. The summed E-state index contributed by atoms with van der Waals surface area (Å²) in [6.07, 6.45) is 0. The lowest BCUT2D eigenvalue weighted by molar-refractivity contribution is 0.593. The Hall–Kier alpha value is -5.95. The SMILES string of the molecule is CC1(C)c2cc(-c3cccc4ccccc34)ccc2-c2ccc(-n3c4ccccc4c4ccc5c(c43)-c3ccccc3P5(=O)c3ccccc3)cc21. The van der Waals surface area contributed by atoms with Gasteiger partial charge in [-0.15, -0.1) is 0 Å². The highest BCUT2D eigenvalue weighted by Crippen LogP contribution is 2.55. The summed E-state index contributed by atoms with van der Waals surface area (Å²) in [6, 6.07) is 60.7. The molecule has 0 spiro atoms. The molecule has 52 heavy (non-hydrogen) atoms. The molecule has 1 aliphatic carbocycles. The van der Waals surface area contributed by atoms with Crippen LogP contribution in [0.1, 0.15) is 25.0 Å². The van der Waals surface area contributed by atoms with Crippen molar-refractivity contribution in [3.8, 4) is 39.1 Å². The van der Waals surface area contributed by atoms with Gasteiger partial charge in [-0.1, -0.05) is 153 Å². The number of aromatic nitrogens is 1. The zero-order valence-corrected chi connectivity index (χ0v) is 29.9. The van der Waals surface area contributed by atoms with Crippen LogP contribution in [0.3, 0.4) is 0 Å². The third-order valence-corrected chi connectivity index (χ3v) is 14.9. The van der Waals surface area contributed by atoms with E-state index in [0.29, 0.717) is 0 Å². The molecule has 0 amide bonds. The smallest absolute Gasteiger partial charge is 0.172 e. The summed E-state index contributed by atoms with van der Waals surface area (Å²) in [7, 11) is -3.09. The number of para-hydroxylation sites is 1. The van der Waals surface area contributed by atoms with Crippen LogP contribution in [0.25, 0.3) is 71.6 Å². The van der Waals surface area contributed by atoms with E-state index in [1.54, 1.807) is 0 Å². The molecule has 2 nitrogen and oxygen atoms in total. The van der Waals surface area contributed by atoms with Gasteiger partial charge in [0, 0.05) is 43.4 Å². The van der Waals surface area contributed by atoms with E-state index in [-0.39, 0.29) is 5.41 Å². The van der Waals surface area contributed by atoms with Gasteiger partial charge in [0.05, 0.1) is 11.0 Å². The topological polar surface area (TPSA) is 22.0 Å². The predicted octanol–water partition coefficient (Wildman–Crippen LogP) is 11.5. The largest absolute Gasteiger partial charge is 0.309 e. The number of fused-ring (bicyclic) bond motifs is 11. The van der Waals surface area contributed by atoms with Gasteiger partial charge in [-0.05, 0) is 80.0 Å². The highest BCUT2D eigenvalue weighted by molar-refractivity contribution is 7.86. The molecule has 0 radical (unpaired) electrons. The normalized spacial score (nSPS) is 16.6. The summed E-state index contributed by atoms with van der Waals surface area (Å²) in [5.41, 5.74) is 13.1. The Kier molecular flexibility index (Phi) is 6.03. The van der Waals surface area contributed by atoms with Gasteiger partial charge in [0.25, 0.3) is 0 Å². The number of hydrogen-bond acceptors (Lipinski definition) is 1. The minimum Gasteiger partial charge on any atom is -0.309 e. The highest BCUT2D eigenvalue weighted by atomic mass is 31.2. The summed E-state index contributed by atoms with van der Waals surface area (Å²) in [5, 5.41) is 7.63. The van der Waals surface area contributed by atoms with Crippen LogP contribution in [0.5, 0.6) is 0 Å². The predicted molar refractivity (Wildman–Crippen MR) is 220 cm³/mol. The Balaban J connectivity index is 1.14. The summed E-state index contributed by atoms with van der Waals surface area (Å²) in [5.74, 6) is 0. The molecule has 0 fully saturated rings. The van der Waals surface area contributed by atoms with Crippen LogP contribution in [-0.2, 0) is 9.98 Å². The van der Waals surface area contributed by atoms with Crippen LogP contribution in [0.15, 0.2) is 170 Å². The molecule has 2 heterocycles. The van der Waals surface area contributed by atoms with E-state index in [9.17, 15) is 0 Å². The van der Waals surface area contributed by atoms with Crippen LogP contribution < -0.4 is 15.9 Å². The zero-order chi connectivity index (χ0) is 34.8. The standard InChI is InChI=1S/C49H34NOP/c1-49(2)42-29-32(36-20-12-14-31-13-6-7-17-35(31)36)23-25-37(42)38-26-24-33(30-43(38)49)50-44-21-10-8-18-39(44)40-27-28-46-47(48(40)50)41-19-9-11-22-45(41)52(46,51)34-15-4-3-5-16-34/h3-30H,1-2H3. The fourth-order valence-electron chi connectivity index (χ4n) is 9.36. The summed E-state index contributed by atoms with van der Waals surface area (Å²) in [4.78, 5) is 0. The van der Waals surface area contributed by atoms with Crippen LogP contribution in [-0.4, -0.2) is 4.57 Å². The zero-order valence-electron chi connectivity index (χ0n) is 29.0. The average Bonchev–Trinajstić information content (AvgIpc) is 3.76. The second-order valence-corrected chi connectivity index (χ2v) is 17.5. The second-order valence-electron chi connectivity index (χ2n) is 14.8. The molecule has 0 saturated carbocycles. The maximum atomic E-state index is 15.5. The first-order chi connectivity index (χ1) is 25.4. The number of benzene rings is 8. The van der Waals surface area contributed by atoms with Crippen LogP contribution in [0.4, 0.5) is 0 Å². The van der Waals surface area contributed by atoms with Crippen LogP contribution in [0.2, 0.25) is 0 Å². The first-order valence-electron chi connectivity index (χ1n) is 18.0. The van der Waals surface area contributed by atoms with E-state index < -0.39 is 7.14 Å². The Bertz CT molecular complexity index is 3020. The Labute approximate surface area is 303 Å². The lowest BCUT2D eigenvalue weighted by Crippen LogP contribution is -2.20. The Morgan fingerprint density at radius 3 is 2.04 bits per heavy atom. The third kappa shape index (κ3) is 3.83. The lowest BCUT2D eigenvalue weighted by Gasteiger charge is -2.23. The second kappa shape index (κ2) is 10.5. The summed E-state index contributed by atoms with van der Waals surface area (Å²) < 4.78 is 18.0. The first-order valence-corrected chi connectivity index (χ1v) is 19.8. The molecule has 3 heteroatoms. The van der Waals surface area contributed by atoms with Gasteiger partial charge < -0.3 is 9.13 Å². The van der Waals surface area contributed by atoms with Crippen LogP contribution >= 0.6 is 7.14 Å². The van der Waals surface area contributed by atoms with Gasteiger partial charge in [0.1, 0.15) is 0 Å². The van der Waals surface area contributed by atoms with E-state index in [4.69, 9.17) is 0 Å². The Morgan fingerprint density at radius 2 is 1.17 bits per heavy atom. The summed E-state index contributed by atoms with van der Waals surface area (Å²) in [6.45, 7) is 4.73. The van der Waals surface area contributed by atoms with Crippen molar-refractivity contribution in [3.05, 3.63) is 181 Å². The van der Waals surface area contributed by atoms with Crippen molar-refractivity contribution in [2.24, 2.45) is 0 Å². The van der Waals surface area contributed by atoms with Crippen molar-refractivity contribution in [3.63, 3.8) is 0 Å². The molecule has 1 aliphatic heterocycles. The molecule has 1 atom stereocenters. The maximum Gasteiger partial charge on any atom is 0.172 e. The van der Waals surface area contributed by atoms with Gasteiger partial charge >= 0.3 is 0 Å². The van der Waals surface area contributed by atoms with E-state index >= 15 is 4.57 Å². The quantitative estimate of drug-likeness (QED) is 0.170. The van der Waals surface area contributed by atoms with Gasteiger partial charge in [0.2, 0.25) is 0 Å². The monoisotopic (exact) mass is 683 g/mol. The molecule has 8 aromatic carbocycles. The van der Waals surface area contributed by atoms with E-state index in [1.807, 2.05) is 36.4 Å². The average molecular weight is 684 g/mol. The van der Waals surface area contributed by atoms with Gasteiger partial charge in [-0.2, -0.15) is 0 Å². The number of hydrogen-bond donors (Lipinski definition) is 0. The molecule has 11 rings (SSSR count). The molecule has 246 valence electrons. The minimum absolute atomic E-state index is 0.211. The van der Waals surface area contributed by atoms with Gasteiger partial charge in [-0.3, -0.25) is 0 Å². The van der Waals surface area contributed by atoms with Crippen molar-refractivity contribution in [2.75, 3.05) is 0 Å². The van der Waals surface area contributed by atoms with Crippen molar-refractivity contribution >= 4 is 55.6 Å². The van der Waals surface area contributed by atoms with E-state index in [0.717, 1.165) is 43.8 Å². The molecule has 0 saturated heterocycles. The third-order valence-electron chi connectivity index (χ3n) is 11.8. The maximum absolute atomic E-state index is 15.5. The molecular formula is C49H34NOP. The minimum atomic E-state index is -3.09. The van der Waals surface area contributed by atoms with E-state index in [2.05, 4.69) is 152 Å². The van der Waals surface area contributed by atoms with Crippen molar-refractivity contribution in [1.82, 2.24) is 4.57 Å². The van der Waals surface area contributed by atoms with Crippen molar-refractivity contribution in [1.29, 1.82) is 0 Å². The summed E-state index contributed by atoms with van der Waals surface area (Å²) >= 11 is 0. The number of rotatable bonds is 3. The molecule has 9 aromatic rings. The van der Waals surface area contributed by atoms with Crippen molar-refractivity contribution in [2.45, 2.75) is 19.3 Å². The first kappa shape index (κ1) is 29.7. The number of nitrogens with zero attached hydrogens (tertiary/aromatic N) is 1. The molecule has 0 bridgehead atoms. The van der Waals surface area contributed by atoms with Crippen molar-refractivity contribution < 1.29 is 4.57 Å².